The Morgan fingerprint density at radius 2 is 1.89 bits per heavy atom. The van der Waals surface area contributed by atoms with E-state index < -0.39 is 12.2 Å². The largest absolute Gasteiger partial charge is 0.388 e. The standard InChI is InChI=1S/C13H17NO3S/c15-10-5-14(6-11(10)16)13(17)9-7-18-12-4-2-1-3-8(9)12/h7,10-11,15-16H,1-6H2. The SMILES string of the molecule is O=C(c1csc2c1CCCC2)N1CC(O)C(O)C1. The van der Waals surface area contributed by atoms with Gasteiger partial charge in [-0.05, 0) is 31.2 Å². The molecule has 2 heterocycles. The lowest BCUT2D eigenvalue weighted by Crippen LogP contribution is -2.30. The minimum absolute atomic E-state index is 0.0370. The summed E-state index contributed by atoms with van der Waals surface area (Å²) in [4.78, 5) is 15.3. The first-order valence-corrected chi connectivity index (χ1v) is 7.29. The van der Waals surface area contributed by atoms with Crippen LogP contribution in [0.25, 0.3) is 0 Å². The van der Waals surface area contributed by atoms with Crippen molar-refractivity contribution in [3.05, 3.63) is 21.4 Å². The molecule has 0 spiro atoms. The number of aryl methyl sites for hydroxylation is 1. The van der Waals surface area contributed by atoms with Gasteiger partial charge in [-0.1, -0.05) is 0 Å². The molecule has 18 heavy (non-hydrogen) atoms. The fourth-order valence-corrected chi connectivity index (χ4v) is 3.90. The van der Waals surface area contributed by atoms with Gasteiger partial charge in [0.25, 0.3) is 5.91 Å². The first kappa shape index (κ1) is 12.1. The molecule has 1 aliphatic carbocycles. The molecule has 1 fully saturated rings. The lowest BCUT2D eigenvalue weighted by atomic mass is 9.95. The van der Waals surface area contributed by atoms with Gasteiger partial charge in [0.05, 0.1) is 17.8 Å². The number of rotatable bonds is 1. The van der Waals surface area contributed by atoms with E-state index in [1.165, 1.54) is 16.9 Å². The molecule has 0 saturated carbocycles. The first-order valence-electron chi connectivity index (χ1n) is 6.41. The number of hydrogen-bond donors (Lipinski definition) is 2. The van der Waals surface area contributed by atoms with Crippen LogP contribution in [0.3, 0.4) is 0 Å². The molecule has 0 aromatic carbocycles. The molecule has 2 atom stereocenters. The Hall–Kier alpha value is -0.910. The average Bonchev–Trinajstić information content (AvgIpc) is 2.93. The third-order valence-electron chi connectivity index (χ3n) is 3.84. The van der Waals surface area contributed by atoms with Crippen molar-refractivity contribution in [1.82, 2.24) is 4.90 Å². The predicted octanol–water partition coefficient (Wildman–Crippen LogP) is 0.804. The highest BCUT2D eigenvalue weighted by atomic mass is 32.1. The molecular weight excluding hydrogens is 250 g/mol. The van der Waals surface area contributed by atoms with Crippen molar-refractivity contribution in [2.45, 2.75) is 37.9 Å². The third kappa shape index (κ3) is 1.96. The van der Waals surface area contributed by atoms with Crippen molar-refractivity contribution < 1.29 is 15.0 Å². The van der Waals surface area contributed by atoms with Gasteiger partial charge >= 0.3 is 0 Å². The van der Waals surface area contributed by atoms with E-state index in [4.69, 9.17) is 0 Å². The normalized spacial score (nSPS) is 27.3. The molecule has 2 aliphatic rings. The summed E-state index contributed by atoms with van der Waals surface area (Å²) in [5.41, 5.74) is 1.99. The van der Waals surface area contributed by atoms with Crippen LogP contribution in [0, 0.1) is 0 Å². The van der Waals surface area contributed by atoms with Crippen LogP contribution in [0.4, 0.5) is 0 Å². The first-order chi connectivity index (χ1) is 8.66. The number of amides is 1. The van der Waals surface area contributed by atoms with E-state index in [1.54, 1.807) is 16.2 Å². The number of nitrogens with zero attached hydrogens (tertiary/aromatic N) is 1. The zero-order valence-electron chi connectivity index (χ0n) is 10.1. The Kier molecular flexibility index (Phi) is 3.13. The van der Waals surface area contributed by atoms with Crippen molar-refractivity contribution in [1.29, 1.82) is 0 Å². The molecule has 5 heteroatoms. The van der Waals surface area contributed by atoms with Crippen LogP contribution in [-0.4, -0.2) is 46.3 Å². The number of aliphatic hydroxyl groups excluding tert-OH is 2. The van der Waals surface area contributed by atoms with E-state index in [9.17, 15) is 15.0 Å². The zero-order valence-corrected chi connectivity index (χ0v) is 10.9. The Morgan fingerprint density at radius 3 is 2.61 bits per heavy atom. The highest BCUT2D eigenvalue weighted by Gasteiger charge is 2.34. The van der Waals surface area contributed by atoms with Gasteiger partial charge < -0.3 is 15.1 Å². The summed E-state index contributed by atoms with van der Waals surface area (Å²) in [6.45, 7) is 0.481. The minimum atomic E-state index is -0.802. The van der Waals surface area contributed by atoms with Crippen LogP contribution in [0.2, 0.25) is 0 Å². The Balaban J connectivity index is 1.83. The maximum Gasteiger partial charge on any atom is 0.255 e. The Bertz CT molecular complexity index is 461. The Labute approximate surface area is 110 Å². The molecule has 0 bridgehead atoms. The summed E-state index contributed by atoms with van der Waals surface area (Å²) in [7, 11) is 0. The van der Waals surface area contributed by atoms with E-state index in [0.29, 0.717) is 0 Å². The second-order valence-corrected chi connectivity index (χ2v) is 6.07. The second kappa shape index (κ2) is 4.64. The van der Waals surface area contributed by atoms with Crippen LogP contribution < -0.4 is 0 Å². The topological polar surface area (TPSA) is 60.8 Å². The van der Waals surface area contributed by atoms with Crippen molar-refractivity contribution in [3.8, 4) is 0 Å². The summed E-state index contributed by atoms with van der Waals surface area (Å²) in [5, 5.41) is 21.0. The smallest absolute Gasteiger partial charge is 0.255 e. The van der Waals surface area contributed by atoms with E-state index in [2.05, 4.69) is 0 Å². The molecule has 2 unspecified atom stereocenters. The number of thiophene rings is 1. The van der Waals surface area contributed by atoms with E-state index >= 15 is 0 Å². The van der Waals surface area contributed by atoms with Gasteiger partial charge in [-0.3, -0.25) is 4.79 Å². The maximum absolute atomic E-state index is 12.4. The lowest BCUT2D eigenvalue weighted by molar-refractivity contribution is 0.0572. The molecule has 1 saturated heterocycles. The summed E-state index contributed by atoms with van der Waals surface area (Å²) in [6.07, 6.45) is 2.82. The van der Waals surface area contributed by atoms with Crippen LogP contribution in [-0.2, 0) is 12.8 Å². The molecule has 3 rings (SSSR count). The van der Waals surface area contributed by atoms with Crippen LogP contribution >= 0.6 is 11.3 Å². The van der Waals surface area contributed by atoms with Crippen molar-refractivity contribution >= 4 is 17.2 Å². The van der Waals surface area contributed by atoms with Gasteiger partial charge in [-0.25, -0.2) is 0 Å². The van der Waals surface area contributed by atoms with E-state index in [1.807, 2.05) is 5.38 Å². The number of β-amino-alcohol motifs (C(OH)–C–C–N with tert-alkyl or cyclic N) is 2. The van der Waals surface area contributed by atoms with Gasteiger partial charge in [0, 0.05) is 23.3 Å². The molecule has 2 N–H and O–H groups in total. The highest BCUT2D eigenvalue weighted by Crippen LogP contribution is 2.31. The highest BCUT2D eigenvalue weighted by molar-refractivity contribution is 7.10. The van der Waals surface area contributed by atoms with Gasteiger partial charge in [0.2, 0.25) is 0 Å². The van der Waals surface area contributed by atoms with Gasteiger partial charge in [-0.15, -0.1) is 11.3 Å². The van der Waals surface area contributed by atoms with Crippen LogP contribution in [0.1, 0.15) is 33.6 Å². The molecule has 4 nitrogen and oxygen atoms in total. The fraction of sp³-hybridized carbons (Fsp3) is 0.615. The predicted molar refractivity (Wildman–Crippen MR) is 68.9 cm³/mol. The number of likely N-dealkylation sites (tertiary alicyclic amines) is 1. The minimum Gasteiger partial charge on any atom is -0.388 e. The van der Waals surface area contributed by atoms with Gasteiger partial charge in [-0.2, -0.15) is 0 Å². The van der Waals surface area contributed by atoms with E-state index in [0.717, 1.165) is 24.8 Å². The van der Waals surface area contributed by atoms with Crippen molar-refractivity contribution in [2.24, 2.45) is 0 Å². The summed E-state index contributed by atoms with van der Waals surface area (Å²) in [6, 6.07) is 0. The zero-order chi connectivity index (χ0) is 12.7. The molecule has 1 aliphatic heterocycles. The molecular formula is C13H17NO3S. The second-order valence-electron chi connectivity index (χ2n) is 5.10. The summed E-state index contributed by atoms with van der Waals surface area (Å²) in [5.74, 6) is -0.0370. The molecule has 1 aromatic rings. The van der Waals surface area contributed by atoms with Gasteiger partial charge in [0.1, 0.15) is 0 Å². The molecule has 0 radical (unpaired) electrons. The molecule has 1 aromatic heterocycles. The van der Waals surface area contributed by atoms with Crippen molar-refractivity contribution in [3.63, 3.8) is 0 Å². The summed E-state index contributed by atoms with van der Waals surface area (Å²) < 4.78 is 0. The molecule has 98 valence electrons. The number of carbonyl (C=O) groups is 1. The van der Waals surface area contributed by atoms with Crippen LogP contribution in [0.15, 0.2) is 5.38 Å². The quantitative estimate of drug-likeness (QED) is 0.791. The number of aliphatic hydroxyl groups is 2. The number of hydrogen-bond acceptors (Lipinski definition) is 4. The Morgan fingerprint density at radius 1 is 1.22 bits per heavy atom. The molecule has 1 amide bonds. The summed E-state index contributed by atoms with van der Waals surface area (Å²) >= 11 is 1.67. The maximum atomic E-state index is 12.4. The lowest BCUT2D eigenvalue weighted by Gasteiger charge is -2.17. The number of fused-ring (bicyclic) bond motifs is 1. The third-order valence-corrected chi connectivity index (χ3v) is 4.93. The fourth-order valence-electron chi connectivity index (χ4n) is 2.78. The van der Waals surface area contributed by atoms with Crippen molar-refractivity contribution in [2.75, 3.05) is 13.1 Å². The van der Waals surface area contributed by atoms with Crippen LogP contribution in [0.5, 0.6) is 0 Å². The number of carbonyl (C=O) groups excluding carboxylic acids is 1. The monoisotopic (exact) mass is 267 g/mol. The van der Waals surface area contributed by atoms with Gasteiger partial charge in [0.15, 0.2) is 0 Å². The van der Waals surface area contributed by atoms with E-state index in [-0.39, 0.29) is 19.0 Å². The average molecular weight is 267 g/mol.